The molecule has 0 bridgehead atoms. The maximum atomic E-state index is 13.6. The van der Waals surface area contributed by atoms with Crippen LogP contribution in [0, 0.1) is 21.7 Å². The first-order chi connectivity index (χ1) is 9.92. The van der Waals surface area contributed by atoms with Crippen molar-refractivity contribution >= 4 is 17.3 Å². The summed E-state index contributed by atoms with van der Waals surface area (Å²) in [5.74, 6) is -3.19. The Hall–Kier alpha value is -2.81. The van der Waals surface area contributed by atoms with Gasteiger partial charge in [0.05, 0.1) is 17.5 Å². The molecular weight excluding hydrogens is 288 g/mol. The number of rotatable bonds is 4. The summed E-state index contributed by atoms with van der Waals surface area (Å²) in [5, 5.41) is 12.8. The second-order valence-electron chi connectivity index (χ2n) is 3.96. The van der Waals surface area contributed by atoms with Crippen molar-refractivity contribution in [2.75, 3.05) is 5.32 Å². The van der Waals surface area contributed by atoms with Crippen molar-refractivity contribution in [3.63, 3.8) is 0 Å². The highest BCUT2D eigenvalue weighted by Gasteiger charge is 2.23. The summed E-state index contributed by atoms with van der Waals surface area (Å²) in [6.07, 6.45) is 0. The van der Waals surface area contributed by atoms with E-state index < -0.39 is 33.8 Å². The van der Waals surface area contributed by atoms with Crippen molar-refractivity contribution < 1.29 is 22.9 Å². The molecule has 1 heterocycles. The molecule has 0 aliphatic carbocycles. The molecule has 3 N–H and O–H groups in total. The van der Waals surface area contributed by atoms with Gasteiger partial charge in [-0.1, -0.05) is 0 Å². The number of anilines is 1. The molecule has 0 saturated carbocycles. The van der Waals surface area contributed by atoms with Gasteiger partial charge < -0.3 is 15.5 Å². The van der Waals surface area contributed by atoms with Gasteiger partial charge in [-0.2, -0.15) is 0 Å². The third kappa shape index (κ3) is 3.03. The van der Waals surface area contributed by atoms with E-state index in [2.05, 4.69) is 0 Å². The van der Waals surface area contributed by atoms with E-state index in [0.717, 1.165) is 0 Å². The van der Waals surface area contributed by atoms with E-state index in [1.54, 1.807) is 0 Å². The average Bonchev–Trinajstić information content (AvgIpc) is 2.90. The highest BCUT2D eigenvalue weighted by atomic mass is 19.1. The van der Waals surface area contributed by atoms with E-state index >= 15 is 0 Å². The van der Waals surface area contributed by atoms with Gasteiger partial charge in [0.15, 0.2) is 17.3 Å². The first-order valence-electron chi connectivity index (χ1n) is 5.66. The second kappa shape index (κ2) is 5.67. The summed E-state index contributed by atoms with van der Waals surface area (Å²) in [6, 6.07) is 3.65. The van der Waals surface area contributed by atoms with Gasteiger partial charge in [-0.25, -0.2) is 8.78 Å². The molecule has 7 nitrogen and oxygen atoms in total. The maximum absolute atomic E-state index is 13.6. The van der Waals surface area contributed by atoms with Crippen LogP contribution in [0.4, 0.5) is 20.2 Å². The quantitative estimate of drug-likeness (QED) is 0.663. The van der Waals surface area contributed by atoms with Crippen LogP contribution in [0.25, 0.3) is 0 Å². The van der Waals surface area contributed by atoms with Gasteiger partial charge in [0.25, 0.3) is 11.6 Å². The predicted octanol–water partition coefficient (Wildman–Crippen LogP) is 2.18. The van der Waals surface area contributed by atoms with Gasteiger partial charge in [-0.15, -0.1) is 0 Å². The van der Waals surface area contributed by atoms with Crippen molar-refractivity contribution in [3.8, 4) is 0 Å². The minimum atomic E-state index is -1.26. The molecule has 0 aliphatic rings. The Morgan fingerprint density at radius 3 is 2.67 bits per heavy atom. The number of furan rings is 1. The van der Waals surface area contributed by atoms with Gasteiger partial charge in [0.1, 0.15) is 11.6 Å². The summed E-state index contributed by atoms with van der Waals surface area (Å²) in [4.78, 5) is 21.6. The molecule has 2 aromatic rings. The summed E-state index contributed by atoms with van der Waals surface area (Å²) in [7, 11) is 0. The lowest BCUT2D eigenvalue weighted by atomic mass is 10.2. The lowest BCUT2D eigenvalue weighted by Crippen LogP contribution is -2.14. The summed E-state index contributed by atoms with van der Waals surface area (Å²) in [6.45, 7) is 0.0539. The van der Waals surface area contributed by atoms with Crippen LogP contribution in [0.2, 0.25) is 0 Å². The first-order valence-corrected chi connectivity index (χ1v) is 5.66. The number of hydrogen-bond donors (Lipinski definition) is 2. The molecule has 0 atom stereocenters. The Kier molecular flexibility index (Phi) is 3.94. The number of carbonyl (C=O) groups excluding carboxylic acids is 1. The zero-order valence-electron chi connectivity index (χ0n) is 10.4. The molecule has 0 spiro atoms. The molecule has 1 amide bonds. The Morgan fingerprint density at radius 1 is 1.38 bits per heavy atom. The van der Waals surface area contributed by atoms with Gasteiger partial charge in [0.2, 0.25) is 0 Å². The Labute approximate surface area is 116 Å². The lowest BCUT2D eigenvalue weighted by Gasteiger charge is -2.06. The Balaban J connectivity index is 2.34. The fourth-order valence-corrected chi connectivity index (χ4v) is 1.61. The van der Waals surface area contributed by atoms with Crippen LogP contribution < -0.4 is 11.1 Å². The SMILES string of the molecule is NCc1ccc(C(=O)Nc2c(F)cc(F)cc2[N+](=O)[O-])o1. The fourth-order valence-electron chi connectivity index (χ4n) is 1.61. The van der Waals surface area contributed by atoms with Gasteiger partial charge in [-0.3, -0.25) is 14.9 Å². The van der Waals surface area contributed by atoms with E-state index in [0.29, 0.717) is 17.9 Å². The summed E-state index contributed by atoms with van der Waals surface area (Å²) < 4.78 is 31.6. The standard InChI is InChI=1S/C12H9F2N3O4/c13-6-3-8(14)11(9(4-6)17(19)20)16-12(18)10-2-1-7(5-15)21-10/h1-4H,5,15H2,(H,16,18). The average molecular weight is 297 g/mol. The zero-order valence-corrected chi connectivity index (χ0v) is 10.4. The summed E-state index contributed by atoms with van der Waals surface area (Å²) in [5.41, 5.74) is 3.67. The van der Waals surface area contributed by atoms with Crippen LogP contribution in [-0.2, 0) is 6.54 Å². The second-order valence-corrected chi connectivity index (χ2v) is 3.96. The number of carbonyl (C=O) groups is 1. The van der Waals surface area contributed by atoms with E-state index in [1.807, 2.05) is 5.32 Å². The number of amides is 1. The van der Waals surface area contributed by atoms with E-state index in [9.17, 15) is 23.7 Å². The highest BCUT2D eigenvalue weighted by molar-refractivity contribution is 6.03. The number of benzene rings is 1. The maximum Gasteiger partial charge on any atom is 0.298 e. The summed E-state index contributed by atoms with van der Waals surface area (Å²) >= 11 is 0. The van der Waals surface area contributed by atoms with Crippen LogP contribution in [0.15, 0.2) is 28.7 Å². The third-order valence-electron chi connectivity index (χ3n) is 2.56. The van der Waals surface area contributed by atoms with Crippen molar-refractivity contribution in [3.05, 3.63) is 57.5 Å². The molecule has 0 fully saturated rings. The Morgan fingerprint density at radius 2 is 2.10 bits per heavy atom. The zero-order chi connectivity index (χ0) is 15.6. The van der Waals surface area contributed by atoms with Gasteiger partial charge in [-0.05, 0) is 12.1 Å². The monoisotopic (exact) mass is 297 g/mol. The molecule has 1 aromatic carbocycles. The van der Waals surface area contributed by atoms with Crippen LogP contribution >= 0.6 is 0 Å². The molecule has 9 heteroatoms. The van der Waals surface area contributed by atoms with E-state index in [1.165, 1.54) is 12.1 Å². The van der Waals surface area contributed by atoms with Crippen molar-refractivity contribution in [1.82, 2.24) is 0 Å². The fraction of sp³-hybridized carbons (Fsp3) is 0.0833. The van der Waals surface area contributed by atoms with Crippen LogP contribution in [0.3, 0.4) is 0 Å². The number of hydrogen-bond acceptors (Lipinski definition) is 5. The smallest absolute Gasteiger partial charge is 0.298 e. The number of nitrogens with one attached hydrogen (secondary N) is 1. The molecular formula is C12H9F2N3O4. The highest BCUT2D eigenvalue weighted by Crippen LogP contribution is 2.29. The minimum Gasteiger partial charge on any atom is -0.455 e. The number of nitro groups is 1. The number of nitrogens with zero attached hydrogens (tertiary/aromatic N) is 1. The van der Waals surface area contributed by atoms with Gasteiger partial charge >= 0.3 is 0 Å². The van der Waals surface area contributed by atoms with Crippen LogP contribution in [0.1, 0.15) is 16.3 Å². The molecule has 2 rings (SSSR count). The molecule has 1 aromatic heterocycles. The molecule has 110 valence electrons. The topological polar surface area (TPSA) is 111 Å². The third-order valence-corrected chi connectivity index (χ3v) is 2.56. The molecule has 0 aliphatic heterocycles. The van der Waals surface area contributed by atoms with Crippen molar-refractivity contribution in [2.24, 2.45) is 5.73 Å². The molecule has 0 saturated heterocycles. The largest absolute Gasteiger partial charge is 0.455 e. The van der Waals surface area contributed by atoms with Crippen molar-refractivity contribution in [2.45, 2.75) is 6.54 Å². The lowest BCUT2D eigenvalue weighted by molar-refractivity contribution is -0.384. The minimum absolute atomic E-state index is 0.0539. The van der Waals surface area contributed by atoms with Crippen LogP contribution in [0.5, 0.6) is 0 Å². The van der Waals surface area contributed by atoms with E-state index in [4.69, 9.17) is 10.2 Å². The first kappa shape index (κ1) is 14.6. The Bertz CT molecular complexity index is 715. The number of nitrogens with two attached hydrogens (primary N) is 1. The molecule has 0 radical (unpaired) electrons. The van der Waals surface area contributed by atoms with Crippen LogP contribution in [-0.4, -0.2) is 10.8 Å². The number of halogens is 2. The molecule has 21 heavy (non-hydrogen) atoms. The number of nitro benzene ring substituents is 1. The normalized spacial score (nSPS) is 10.4. The molecule has 0 unspecified atom stereocenters. The van der Waals surface area contributed by atoms with Crippen molar-refractivity contribution in [1.29, 1.82) is 0 Å². The van der Waals surface area contributed by atoms with Gasteiger partial charge in [0, 0.05) is 6.07 Å². The van der Waals surface area contributed by atoms with E-state index in [-0.39, 0.29) is 12.3 Å². The predicted molar refractivity (Wildman–Crippen MR) is 67.6 cm³/mol.